The van der Waals surface area contributed by atoms with Crippen molar-refractivity contribution in [3.63, 3.8) is 0 Å². The van der Waals surface area contributed by atoms with Gasteiger partial charge in [-0.1, -0.05) is 35.9 Å². The summed E-state index contributed by atoms with van der Waals surface area (Å²) in [5.74, 6) is -0.144. The molecule has 1 amide bonds. The minimum atomic E-state index is -0.144. The van der Waals surface area contributed by atoms with Crippen LogP contribution in [-0.2, 0) is 4.79 Å². The lowest BCUT2D eigenvalue weighted by Gasteiger charge is -1.98. The predicted molar refractivity (Wildman–Crippen MR) is 101 cm³/mol. The zero-order valence-corrected chi connectivity index (χ0v) is 14.9. The second-order valence-electron chi connectivity index (χ2n) is 4.49. The highest BCUT2D eigenvalue weighted by Crippen LogP contribution is 2.30. The van der Waals surface area contributed by atoms with E-state index < -0.39 is 0 Å². The number of nitrogens with one attached hydrogen (secondary N) is 1. The Bertz CT molecular complexity index is 804. The van der Waals surface area contributed by atoms with Gasteiger partial charge in [0, 0.05) is 3.57 Å². The van der Waals surface area contributed by atoms with Crippen molar-refractivity contribution in [2.45, 2.75) is 0 Å². The van der Waals surface area contributed by atoms with E-state index in [9.17, 15) is 4.79 Å². The SMILES string of the molecule is O=C1NC(=Nc2ccccc2Cl)SC1=Cc1cccc(I)c1. The number of para-hydroxylation sites is 1. The molecule has 0 atom stereocenters. The molecule has 1 fully saturated rings. The van der Waals surface area contributed by atoms with Gasteiger partial charge >= 0.3 is 0 Å². The van der Waals surface area contributed by atoms with Gasteiger partial charge in [-0.25, -0.2) is 4.99 Å². The van der Waals surface area contributed by atoms with Crippen LogP contribution in [0, 0.1) is 3.57 Å². The van der Waals surface area contributed by atoms with Crippen molar-refractivity contribution in [3.8, 4) is 0 Å². The van der Waals surface area contributed by atoms with Gasteiger partial charge in [0.25, 0.3) is 5.91 Å². The summed E-state index contributed by atoms with van der Waals surface area (Å²) in [5.41, 5.74) is 1.63. The van der Waals surface area contributed by atoms with Crippen LogP contribution in [-0.4, -0.2) is 11.1 Å². The fourth-order valence-corrected chi connectivity index (χ4v) is 3.46. The molecule has 0 bridgehead atoms. The van der Waals surface area contributed by atoms with Crippen LogP contribution in [0.3, 0.4) is 0 Å². The molecule has 3 rings (SSSR count). The maximum atomic E-state index is 12.0. The zero-order chi connectivity index (χ0) is 15.5. The van der Waals surface area contributed by atoms with E-state index in [1.165, 1.54) is 11.8 Å². The van der Waals surface area contributed by atoms with Gasteiger partial charge < -0.3 is 5.32 Å². The fraction of sp³-hybridized carbons (Fsp3) is 0. The van der Waals surface area contributed by atoms with E-state index >= 15 is 0 Å². The Morgan fingerprint density at radius 1 is 1.18 bits per heavy atom. The lowest BCUT2D eigenvalue weighted by atomic mass is 10.2. The lowest BCUT2D eigenvalue weighted by Crippen LogP contribution is -2.19. The molecule has 1 aliphatic rings. The third-order valence-corrected chi connectivity index (χ3v) is 4.77. The minimum Gasteiger partial charge on any atom is -0.300 e. The van der Waals surface area contributed by atoms with Crippen LogP contribution < -0.4 is 5.32 Å². The van der Waals surface area contributed by atoms with Gasteiger partial charge in [-0.15, -0.1) is 0 Å². The van der Waals surface area contributed by atoms with Crippen molar-refractivity contribution in [2.24, 2.45) is 4.99 Å². The van der Waals surface area contributed by atoms with Crippen LogP contribution in [0.25, 0.3) is 6.08 Å². The summed E-state index contributed by atoms with van der Waals surface area (Å²) in [7, 11) is 0. The number of benzene rings is 2. The van der Waals surface area contributed by atoms with E-state index in [4.69, 9.17) is 11.6 Å². The number of hydrogen-bond acceptors (Lipinski definition) is 3. The highest BCUT2D eigenvalue weighted by molar-refractivity contribution is 14.1. The minimum absolute atomic E-state index is 0.144. The predicted octanol–water partition coefficient (Wildman–Crippen LogP) is 4.84. The summed E-state index contributed by atoms with van der Waals surface area (Å²) < 4.78 is 1.13. The van der Waals surface area contributed by atoms with Gasteiger partial charge in [-0.3, -0.25) is 4.79 Å². The molecule has 1 saturated heterocycles. The molecule has 1 aliphatic heterocycles. The number of rotatable bonds is 2. The topological polar surface area (TPSA) is 41.5 Å². The van der Waals surface area contributed by atoms with Gasteiger partial charge in [0.1, 0.15) is 0 Å². The number of carbonyl (C=O) groups excluding carboxylic acids is 1. The number of halogens is 2. The Balaban J connectivity index is 1.86. The second-order valence-corrected chi connectivity index (χ2v) is 7.17. The molecule has 0 saturated carbocycles. The smallest absolute Gasteiger partial charge is 0.264 e. The van der Waals surface area contributed by atoms with E-state index in [2.05, 4.69) is 32.9 Å². The first kappa shape index (κ1) is 15.6. The first-order chi connectivity index (χ1) is 10.6. The summed E-state index contributed by atoms with van der Waals surface area (Å²) in [6.07, 6.45) is 1.86. The molecule has 110 valence electrons. The molecule has 0 unspecified atom stereocenters. The Labute approximate surface area is 151 Å². The Hall–Kier alpha value is -1.31. The standard InChI is InChI=1S/C16H10ClIN2OS/c17-12-6-1-2-7-13(12)19-16-20-15(21)14(22-16)9-10-4-3-5-11(18)8-10/h1-9H,(H,19,20,21). The van der Waals surface area contributed by atoms with Gasteiger partial charge in [0.2, 0.25) is 0 Å². The van der Waals surface area contributed by atoms with E-state index in [1.54, 1.807) is 6.07 Å². The molecule has 1 N–H and O–H groups in total. The fourth-order valence-electron chi connectivity index (χ4n) is 1.88. The van der Waals surface area contributed by atoms with Gasteiger partial charge in [0.15, 0.2) is 5.17 Å². The van der Waals surface area contributed by atoms with Crippen molar-refractivity contribution in [2.75, 3.05) is 0 Å². The van der Waals surface area contributed by atoms with Crippen molar-refractivity contribution in [3.05, 3.63) is 67.6 Å². The Morgan fingerprint density at radius 3 is 2.77 bits per heavy atom. The van der Waals surface area contributed by atoms with Gasteiger partial charge in [-0.2, -0.15) is 0 Å². The van der Waals surface area contributed by atoms with Crippen molar-refractivity contribution in [1.82, 2.24) is 5.32 Å². The number of amides is 1. The first-order valence-electron chi connectivity index (χ1n) is 6.41. The van der Waals surface area contributed by atoms with Crippen molar-refractivity contribution >= 4 is 68.8 Å². The summed E-state index contributed by atoms with van der Waals surface area (Å²) in [6.45, 7) is 0. The van der Waals surface area contributed by atoms with Crippen LogP contribution in [0.15, 0.2) is 58.4 Å². The van der Waals surface area contributed by atoms with Crippen molar-refractivity contribution < 1.29 is 4.79 Å². The highest BCUT2D eigenvalue weighted by atomic mass is 127. The summed E-state index contributed by atoms with van der Waals surface area (Å²) >= 11 is 9.64. The average Bonchev–Trinajstić information content (AvgIpc) is 2.81. The van der Waals surface area contributed by atoms with Crippen molar-refractivity contribution in [1.29, 1.82) is 0 Å². The van der Waals surface area contributed by atoms with Crippen LogP contribution in [0.4, 0.5) is 5.69 Å². The van der Waals surface area contributed by atoms with E-state index in [0.717, 1.165) is 9.13 Å². The molecule has 6 heteroatoms. The number of carbonyl (C=O) groups is 1. The lowest BCUT2D eigenvalue weighted by molar-refractivity contribution is -0.115. The average molecular weight is 441 g/mol. The first-order valence-corrected chi connectivity index (χ1v) is 8.69. The van der Waals surface area contributed by atoms with Crippen LogP contribution in [0.2, 0.25) is 5.02 Å². The van der Waals surface area contributed by atoms with Gasteiger partial charge in [-0.05, 0) is 70.3 Å². The molecule has 0 spiro atoms. The van der Waals surface area contributed by atoms with Crippen LogP contribution in [0.1, 0.15) is 5.56 Å². The maximum absolute atomic E-state index is 12.0. The highest BCUT2D eigenvalue weighted by Gasteiger charge is 2.23. The maximum Gasteiger partial charge on any atom is 0.264 e. The molecule has 2 aromatic rings. The molecule has 2 aromatic carbocycles. The molecular formula is C16H10ClIN2OS. The second kappa shape index (κ2) is 6.85. The molecule has 0 aliphatic carbocycles. The molecular weight excluding hydrogens is 431 g/mol. The van der Waals surface area contributed by atoms with Gasteiger partial charge in [0.05, 0.1) is 15.6 Å². The number of hydrogen-bond donors (Lipinski definition) is 1. The van der Waals surface area contributed by atoms with E-state index in [1.807, 2.05) is 48.5 Å². The third kappa shape index (κ3) is 3.71. The molecule has 3 nitrogen and oxygen atoms in total. The quantitative estimate of drug-likeness (QED) is 0.536. The summed E-state index contributed by atoms with van der Waals surface area (Å²) in [5, 5.41) is 3.85. The van der Waals surface area contributed by atoms with Crippen LogP contribution >= 0.6 is 46.0 Å². The summed E-state index contributed by atoms with van der Waals surface area (Å²) in [4.78, 5) is 17.0. The number of aliphatic imine (C=N–C) groups is 1. The number of amidine groups is 1. The normalized spacial score (nSPS) is 18.0. The molecule has 0 radical (unpaired) electrons. The molecule has 1 heterocycles. The molecule has 0 aromatic heterocycles. The Kier molecular flexibility index (Phi) is 4.85. The largest absolute Gasteiger partial charge is 0.300 e. The van der Waals surface area contributed by atoms with E-state index in [0.29, 0.717) is 20.8 Å². The van der Waals surface area contributed by atoms with E-state index in [-0.39, 0.29) is 5.91 Å². The monoisotopic (exact) mass is 440 g/mol. The van der Waals surface area contributed by atoms with Crippen LogP contribution in [0.5, 0.6) is 0 Å². The zero-order valence-electron chi connectivity index (χ0n) is 11.2. The number of thioether (sulfide) groups is 1. The molecule has 22 heavy (non-hydrogen) atoms. The summed E-state index contributed by atoms with van der Waals surface area (Å²) in [6, 6.07) is 15.2. The number of nitrogens with zero attached hydrogens (tertiary/aromatic N) is 1. The third-order valence-electron chi connectivity index (χ3n) is 2.87. The Morgan fingerprint density at radius 2 is 2.00 bits per heavy atom.